The topological polar surface area (TPSA) is 109 Å². The zero-order valence-electron chi connectivity index (χ0n) is 24.0. The lowest BCUT2D eigenvalue weighted by Crippen LogP contribution is -2.55. The Hall–Kier alpha value is -5.34. The van der Waals surface area contributed by atoms with E-state index in [2.05, 4.69) is 0 Å². The summed E-state index contributed by atoms with van der Waals surface area (Å²) >= 11 is 10.9. The summed E-state index contributed by atoms with van der Waals surface area (Å²) in [5.74, 6) is -4.72. The number of nitrogens with zero attached hydrogens (tertiary/aromatic N) is 2. The number of rotatable bonds is 6. The van der Waals surface area contributed by atoms with Gasteiger partial charge in [-0.2, -0.15) is 26.3 Å². The normalized spacial score (nSPS) is 14.8. The van der Waals surface area contributed by atoms with Gasteiger partial charge in [-0.1, -0.05) is 24.3 Å². The summed E-state index contributed by atoms with van der Waals surface area (Å²) in [6.07, 6.45) is -12.3. The maximum atomic E-state index is 15.1. The van der Waals surface area contributed by atoms with Gasteiger partial charge in [-0.3, -0.25) is 28.8 Å². The molecule has 0 saturated heterocycles. The van der Waals surface area contributed by atoms with E-state index in [-0.39, 0.29) is 22.5 Å². The van der Waals surface area contributed by atoms with Gasteiger partial charge in [0.15, 0.2) is 0 Å². The van der Waals surface area contributed by atoms with Crippen LogP contribution in [-0.4, -0.2) is 46.5 Å². The molecule has 6 rings (SSSR count). The third-order valence-corrected chi connectivity index (χ3v) is 8.59. The lowest BCUT2D eigenvalue weighted by Gasteiger charge is -2.38. The number of alkyl halides is 6. The first-order valence-corrected chi connectivity index (χ1v) is 14.5. The first-order valence-electron chi connectivity index (χ1n) is 13.7. The number of fused-ring (bicyclic) bond motifs is 2. The number of carbonyl (C=O) groups is 6. The van der Waals surface area contributed by atoms with E-state index < -0.39 is 85.3 Å². The molecule has 49 heavy (non-hydrogen) atoms. The molecule has 0 fully saturated rings. The fourth-order valence-electron chi connectivity index (χ4n) is 5.93. The molecule has 2 aliphatic rings. The van der Waals surface area contributed by atoms with E-state index in [4.69, 9.17) is 23.2 Å². The molecule has 8 nitrogen and oxygen atoms in total. The van der Waals surface area contributed by atoms with Crippen molar-refractivity contribution in [2.24, 2.45) is 0 Å². The number of anilines is 2. The van der Waals surface area contributed by atoms with Crippen LogP contribution in [0.4, 0.5) is 37.7 Å². The summed E-state index contributed by atoms with van der Waals surface area (Å²) in [5, 5.41) is -1.92. The molecule has 0 atom stereocenters. The third kappa shape index (κ3) is 5.01. The number of amides is 4. The maximum absolute atomic E-state index is 15.1. The van der Waals surface area contributed by atoms with Crippen molar-refractivity contribution in [2.75, 3.05) is 9.80 Å². The quantitative estimate of drug-likeness (QED) is 0.116. The highest BCUT2D eigenvalue weighted by atomic mass is 35.5. The molecule has 4 amide bonds. The molecule has 0 unspecified atom stereocenters. The van der Waals surface area contributed by atoms with Gasteiger partial charge in [0.05, 0.1) is 33.6 Å². The fraction of sp³-hybridized carbons (Fsp3) is 0.0909. The minimum atomic E-state index is -6.17. The molecule has 4 aromatic carbocycles. The van der Waals surface area contributed by atoms with E-state index in [0.29, 0.717) is 46.2 Å². The number of imide groups is 2. The Labute approximate surface area is 280 Å². The molecule has 0 aromatic heterocycles. The van der Waals surface area contributed by atoms with Gasteiger partial charge in [0.2, 0.25) is 5.41 Å². The van der Waals surface area contributed by atoms with Gasteiger partial charge in [0.1, 0.15) is 0 Å². The molecule has 0 aliphatic carbocycles. The predicted molar refractivity (Wildman–Crippen MR) is 161 cm³/mol. The monoisotopic (exact) mass is 718 g/mol. The molecular weight excluding hydrogens is 705 g/mol. The van der Waals surface area contributed by atoms with Crippen LogP contribution in [0.15, 0.2) is 84.9 Å². The molecule has 0 bridgehead atoms. The molecule has 0 radical (unpaired) electrons. The summed E-state index contributed by atoms with van der Waals surface area (Å²) < 4.78 is 90.5. The number of benzene rings is 4. The summed E-state index contributed by atoms with van der Waals surface area (Å²) in [6.45, 7) is 0. The first-order chi connectivity index (χ1) is 22.9. The van der Waals surface area contributed by atoms with Crippen molar-refractivity contribution in [3.8, 4) is 0 Å². The van der Waals surface area contributed by atoms with Crippen molar-refractivity contribution >= 4 is 68.7 Å². The van der Waals surface area contributed by atoms with Crippen LogP contribution in [0.5, 0.6) is 0 Å². The Morgan fingerprint density at radius 2 is 0.837 bits per heavy atom. The van der Waals surface area contributed by atoms with Crippen molar-refractivity contribution < 1.29 is 55.1 Å². The standard InChI is InChI=1S/C33H14Cl2F6N2O6/c34-25(44)15-3-1-5-19(11-15)42-27(46)21-9-7-17(13-23(21)29(42)48)31(32(36,37)38,33(39,40)41)18-8-10-22-24(14-18)30(49)43(28(22)47)20-6-2-4-16(12-20)26(35)45/h1-14H. The van der Waals surface area contributed by atoms with Crippen molar-refractivity contribution in [2.45, 2.75) is 17.8 Å². The minimum Gasteiger partial charge on any atom is -0.276 e. The Balaban J connectivity index is 1.50. The minimum absolute atomic E-state index is 0.145. The SMILES string of the molecule is O=C(Cl)c1cccc(N2C(=O)c3ccc(C(c4ccc5c(c4)C(=O)N(c4cccc(C(=O)Cl)c4)C5=O)(C(F)(F)F)C(F)(F)F)cc3C2=O)c1. The third-order valence-electron chi connectivity index (χ3n) is 8.15. The molecule has 16 heteroatoms. The molecule has 0 spiro atoms. The second-order valence-corrected chi connectivity index (χ2v) is 11.5. The fourth-order valence-corrected chi connectivity index (χ4v) is 6.17. The summed E-state index contributed by atoms with van der Waals surface area (Å²) in [5.41, 5.74) is -11.3. The van der Waals surface area contributed by atoms with Crippen molar-refractivity contribution in [1.29, 1.82) is 0 Å². The van der Waals surface area contributed by atoms with Gasteiger partial charge in [-0.05, 0) is 95.0 Å². The van der Waals surface area contributed by atoms with E-state index in [1.165, 1.54) is 36.4 Å². The van der Waals surface area contributed by atoms with Gasteiger partial charge in [0, 0.05) is 11.1 Å². The Morgan fingerprint density at radius 1 is 0.490 bits per heavy atom. The van der Waals surface area contributed by atoms with Crippen molar-refractivity contribution in [3.05, 3.63) is 129 Å². The van der Waals surface area contributed by atoms with E-state index >= 15 is 26.3 Å². The number of carbonyl (C=O) groups excluding carboxylic acids is 6. The van der Waals surface area contributed by atoms with Crippen LogP contribution in [0.2, 0.25) is 0 Å². The zero-order chi connectivity index (χ0) is 35.8. The largest absolute Gasteiger partial charge is 0.411 e. The summed E-state index contributed by atoms with van der Waals surface area (Å²) in [4.78, 5) is 77.2. The van der Waals surface area contributed by atoms with Crippen LogP contribution < -0.4 is 9.80 Å². The smallest absolute Gasteiger partial charge is 0.276 e. The van der Waals surface area contributed by atoms with Crippen molar-refractivity contribution in [1.82, 2.24) is 0 Å². The Bertz CT molecular complexity index is 2030. The van der Waals surface area contributed by atoms with Crippen LogP contribution in [0, 0.1) is 0 Å². The van der Waals surface area contributed by atoms with Gasteiger partial charge < -0.3 is 0 Å². The molecule has 248 valence electrons. The van der Waals surface area contributed by atoms with E-state index in [0.717, 1.165) is 12.1 Å². The average molecular weight is 719 g/mol. The van der Waals surface area contributed by atoms with Gasteiger partial charge in [-0.15, -0.1) is 0 Å². The highest BCUT2D eigenvalue weighted by Crippen LogP contribution is 2.57. The molecule has 4 aromatic rings. The zero-order valence-corrected chi connectivity index (χ0v) is 25.5. The van der Waals surface area contributed by atoms with E-state index in [9.17, 15) is 28.8 Å². The highest BCUT2D eigenvalue weighted by Gasteiger charge is 2.73. The Morgan fingerprint density at radius 3 is 1.16 bits per heavy atom. The van der Waals surface area contributed by atoms with Crippen LogP contribution in [0.3, 0.4) is 0 Å². The molecule has 2 heterocycles. The van der Waals surface area contributed by atoms with Crippen LogP contribution in [0.25, 0.3) is 0 Å². The van der Waals surface area contributed by atoms with Gasteiger partial charge in [-0.25, -0.2) is 9.80 Å². The average Bonchev–Trinajstić information content (AvgIpc) is 3.43. The number of hydrogen-bond donors (Lipinski definition) is 0. The number of hydrogen-bond acceptors (Lipinski definition) is 6. The lowest BCUT2D eigenvalue weighted by atomic mass is 9.71. The van der Waals surface area contributed by atoms with Crippen molar-refractivity contribution in [3.63, 3.8) is 0 Å². The predicted octanol–water partition coefficient (Wildman–Crippen LogP) is 7.46. The summed E-state index contributed by atoms with van der Waals surface area (Å²) in [6, 6.07) is 12.2. The van der Waals surface area contributed by atoms with Crippen LogP contribution >= 0.6 is 23.2 Å². The van der Waals surface area contributed by atoms with Crippen LogP contribution in [0.1, 0.15) is 73.3 Å². The van der Waals surface area contributed by atoms with Gasteiger partial charge in [0.25, 0.3) is 34.1 Å². The second-order valence-electron chi connectivity index (χ2n) is 10.8. The summed E-state index contributed by atoms with van der Waals surface area (Å²) in [7, 11) is 0. The maximum Gasteiger partial charge on any atom is 0.411 e. The first kappa shape index (κ1) is 33.6. The van der Waals surface area contributed by atoms with E-state index in [1.807, 2.05) is 0 Å². The second kappa shape index (κ2) is 11.4. The van der Waals surface area contributed by atoms with E-state index in [1.54, 1.807) is 0 Å². The molecule has 0 N–H and O–H groups in total. The Kier molecular flexibility index (Phi) is 7.79. The molecule has 0 saturated carbocycles. The van der Waals surface area contributed by atoms with Crippen LogP contribution in [-0.2, 0) is 5.41 Å². The molecule has 2 aliphatic heterocycles. The van der Waals surface area contributed by atoms with Gasteiger partial charge >= 0.3 is 12.4 Å². The lowest BCUT2D eigenvalue weighted by molar-refractivity contribution is -0.288. The number of halogens is 8. The highest BCUT2D eigenvalue weighted by molar-refractivity contribution is 6.68. The molecular formula is C33H14Cl2F6N2O6.